The van der Waals surface area contributed by atoms with Gasteiger partial charge < -0.3 is 5.32 Å². The van der Waals surface area contributed by atoms with Gasteiger partial charge in [-0.05, 0) is 25.4 Å². The van der Waals surface area contributed by atoms with Crippen molar-refractivity contribution < 1.29 is 4.39 Å². The molecule has 1 aliphatic rings. The van der Waals surface area contributed by atoms with Crippen molar-refractivity contribution in [2.24, 2.45) is 5.92 Å². The highest BCUT2D eigenvalue weighted by molar-refractivity contribution is 4.78. The van der Waals surface area contributed by atoms with E-state index in [9.17, 15) is 4.39 Å². The van der Waals surface area contributed by atoms with Crippen LogP contribution in [0, 0.1) is 5.92 Å². The zero-order valence-electron chi connectivity index (χ0n) is 8.72. The van der Waals surface area contributed by atoms with Gasteiger partial charge in [0.25, 0.3) is 0 Å². The van der Waals surface area contributed by atoms with E-state index in [4.69, 9.17) is 0 Å². The van der Waals surface area contributed by atoms with Crippen LogP contribution in [0.25, 0.3) is 0 Å². The second-order valence-corrected chi connectivity index (χ2v) is 4.15. The van der Waals surface area contributed by atoms with Gasteiger partial charge in [0.1, 0.15) is 6.67 Å². The van der Waals surface area contributed by atoms with E-state index in [0.29, 0.717) is 18.5 Å². The summed E-state index contributed by atoms with van der Waals surface area (Å²) in [5.41, 5.74) is 0. The van der Waals surface area contributed by atoms with E-state index in [1.165, 1.54) is 0 Å². The van der Waals surface area contributed by atoms with Gasteiger partial charge in [0, 0.05) is 19.1 Å². The third-order valence-electron chi connectivity index (χ3n) is 2.72. The molecule has 1 N–H and O–H groups in total. The number of hydrogen-bond acceptors (Lipinski definition) is 2. The Morgan fingerprint density at radius 2 is 2.31 bits per heavy atom. The summed E-state index contributed by atoms with van der Waals surface area (Å²) in [6.07, 6.45) is 1.14. The minimum absolute atomic E-state index is 0.217. The molecule has 1 unspecified atom stereocenters. The van der Waals surface area contributed by atoms with E-state index in [-0.39, 0.29) is 6.67 Å². The highest BCUT2D eigenvalue weighted by Gasteiger charge is 2.19. The molecule has 1 atom stereocenters. The van der Waals surface area contributed by atoms with Gasteiger partial charge in [-0.2, -0.15) is 0 Å². The lowest BCUT2D eigenvalue weighted by Gasteiger charge is -2.25. The molecule has 0 bridgehead atoms. The zero-order chi connectivity index (χ0) is 9.68. The van der Waals surface area contributed by atoms with E-state index in [1.54, 1.807) is 0 Å². The van der Waals surface area contributed by atoms with E-state index >= 15 is 0 Å². The van der Waals surface area contributed by atoms with Crippen molar-refractivity contribution in [1.29, 1.82) is 0 Å². The van der Waals surface area contributed by atoms with Crippen LogP contribution in [0.15, 0.2) is 0 Å². The fourth-order valence-corrected chi connectivity index (χ4v) is 1.79. The summed E-state index contributed by atoms with van der Waals surface area (Å²) in [4.78, 5) is 2.23. The third kappa shape index (κ3) is 3.61. The fraction of sp³-hybridized carbons (Fsp3) is 1.00. The monoisotopic (exact) mass is 188 g/mol. The van der Waals surface area contributed by atoms with Crippen molar-refractivity contribution in [2.45, 2.75) is 26.3 Å². The number of rotatable bonds is 3. The Morgan fingerprint density at radius 1 is 1.54 bits per heavy atom. The average Bonchev–Trinajstić information content (AvgIpc) is 2.30. The third-order valence-corrected chi connectivity index (χ3v) is 2.72. The Morgan fingerprint density at radius 3 is 2.92 bits per heavy atom. The Balaban J connectivity index is 2.39. The molecule has 0 amide bonds. The molecule has 13 heavy (non-hydrogen) atoms. The Kier molecular flexibility index (Phi) is 4.67. The minimum atomic E-state index is -0.217. The van der Waals surface area contributed by atoms with Crippen LogP contribution in [0.3, 0.4) is 0 Å². The highest BCUT2D eigenvalue weighted by atomic mass is 19.1. The normalized spacial score (nSPS) is 26.3. The van der Waals surface area contributed by atoms with E-state index in [1.807, 2.05) is 0 Å². The van der Waals surface area contributed by atoms with Gasteiger partial charge in [-0.3, -0.25) is 4.90 Å². The molecule has 0 aromatic rings. The molecule has 3 heteroatoms. The largest absolute Gasteiger partial charge is 0.312 e. The van der Waals surface area contributed by atoms with Crippen molar-refractivity contribution in [3.05, 3.63) is 0 Å². The smallest absolute Gasteiger partial charge is 0.102 e. The van der Waals surface area contributed by atoms with Crippen LogP contribution >= 0.6 is 0 Å². The topological polar surface area (TPSA) is 15.3 Å². The molecule has 0 radical (unpaired) electrons. The number of nitrogens with one attached hydrogen (secondary N) is 1. The van der Waals surface area contributed by atoms with Crippen molar-refractivity contribution in [3.8, 4) is 0 Å². The summed E-state index contributed by atoms with van der Waals surface area (Å²) < 4.78 is 12.2. The molecule has 0 spiro atoms. The van der Waals surface area contributed by atoms with Crippen LogP contribution in [-0.2, 0) is 0 Å². The summed E-state index contributed by atoms with van der Waals surface area (Å²) in [6, 6.07) is 0.536. The molecule has 2 nitrogen and oxygen atoms in total. The molecular weight excluding hydrogens is 167 g/mol. The van der Waals surface area contributed by atoms with Crippen LogP contribution in [-0.4, -0.2) is 43.8 Å². The maximum atomic E-state index is 12.2. The van der Waals surface area contributed by atoms with Gasteiger partial charge in [-0.15, -0.1) is 0 Å². The molecule has 1 heterocycles. The fourth-order valence-electron chi connectivity index (χ4n) is 1.79. The Hall–Kier alpha value is -0.150. The first-order valence-corrected chi connectivity index (χ1v) is 5.25. The van der Waals surface area contributed by atoms with Crippen LogP contribution < -0.4 is 5.32 Å². The van der Waals surface area contributed by atoms with Crippen LogP contribution in [0.5, 0.6) is 0 Å². The quantitative estimate of drug-likeness (QED) is 0.717. The van der Waals surface area contributed by atoms with E-state index in [0.717, 1.165) is 26.1 Å². The highest BCUT2D eigenvalue weighted by Crippen LogP contribution is 2.08. The van der Waals surface area contributed by atoms with E-state index < -0.39 is 0 Å². The first kappa shape index (κ1) is 10.9. The number of nitrogens with zero attached hydrogens (tertiary/aromatic N) is 1. The van der Waals surface area contributed by atoms with Crippen LogP contribution in [0.4, 0.5) is 4.39 Å². The summed E-state index contributed by atoms with van der Waals surface area (Å²) in [7, 11) is 0. The molecule has 1 rings (SSSR count). The van der Waals surface area contributed by atoms with Gasteiger partial charge in [0.15, 0.2) is 0 Å². The summed E-state index contributed by atoms with van der Waals surface area (Å²) in [5, 5.41) is 3.51. The van der Waals surface area contributed by atoms with Gasteiger partial charge in [0.2, 0.25) is 0 Å². The number of hydrogen-bond donors (Lipinski definition) is 1. The summed E-state index contributed by atoms with van der Waals surface area (Å²) in [6.45, 7) is 7.94. The van der Waals surface area contributed by atoms with E-state index in [2.05, 4.69) is 24.1 Å². The maximum Gasteiger partial charge on any atom is 0.102 e. The molecule has 0 aromatic carbocycles. The predicted octanol–water partition coefficient (Wildman–Crippen LogP) is 1.28. The lowest BCUT2D eigenvalue weighted by atomic mass is 10.0. The van der Waals surface area contributed by atoms with Gasteiger partial charge >= 0.3 is 0 Å². The summed E-state index contributed by atoms with van der Waals surface area (Å²) in [5.74, 6) is 0.639. The zero-order valence-corrected chi connectivity index (χ0v) is 8.72. The second kappa shape index (κ2) is 5.55. The molecule has 1 saturated heterocycles. The SMILES string of the molecule is CC(C)C1CN(CCF)CCCN1. The second-order valence-electron chi connectivity index (χ2n) is 4.15. The molecule has 1 fully saturated rings. The summed E-state index contributed by atoms with van der Waals surface area (Å²) >= 11 is 0. The number of halogens is 1. The minimum Gasteiger partial charge on any atom is -0.312 e. The average molecular weight is 188 g/mol. The maximum absolute atomic E-state index is 12.2. The van der Waals surface area contributed by atoms with Crippen LogP contribution in [0.2, 0.25) is 0 Å². The van der Waals surface area contributed by atoms with Crippen molar-refractivity contribution in [3.63, 3.8) is 0 Å². The van der Waals surface area contributed by atoms with Crippen molar-refractivity contribution in [2.75, 3.05) is 32.9 Å². The molecule has 78 valence electrons. The number of alkyl halides is 1. The Bertz CT molecular complexity index is 139. The van der Waals surface area contributed by atoms with Crippen LogP contribution in [0.1, 0.15) is 20.3 Å². The lowest BCUT2D eigenvalue weighted by molar-refractivity contribution is 0.227. The Labute approximate surface area is 80.5 Å². The molecule has 0 aromatic heterocycles. The molecule has 1 aliphatic heterocycles. The van der Waals surface area contributed by atoms with Crippen molar-refractivity contribution in [1.82, 2.24) is 10.2 Å². The molecule has 0 aliphatic carbocycles. The van der Waals surface area contributed by atoms with Gasteiger partial charge in [0.05, 0.1) is 0 Å². The first-order valence-electron chi connectivity index (χ1n) is 5.25. The predicted molar refractivity (Wildman–Crippen MR) is 53.7 cm³/mol. The molecule has 0 saturated carbocycles. The standard InChI is InChI=1S/C10H21FN2/c1-9(2)10-8-13(7-4-11)6-3-5-12-10/h9-10,12H,3-8H2,1-2H3. The molecular formula is C10H21FN2. The van der Waals surface area contributed by atoms with Gasteiger partial charge in [-0.25, -0.2) is 4.39 Å². The van der Waals surface area contributed by atoms with Crippen molar-refractivity contribution >= 4 is 0 Å². The first-order chi connectivity index (χ1) is 6.24. The van der Waals surface area contributed by atoms with Gasteiger partial charge in [-0.1, -0.05) is 13.8 Å². The lowest BCUT2D eigenvalue weighted by Crippen LogP contribution is -2.41.